The van der Waals surface area contributed by atoms with E-state index < -0.39 is 17.6 Å². The number of carbonyl (C=O) groups excluding carboxylic acids is 1. The monoisotopic (exact) mass is 395 g/mol. The van der Waals surface area contributed by atoms with E-state index in [-0.39, 0.29) is 11.3 Å². The number of rotatable bonds is 5. The van der Waals surface area contributed by atoms with E-state index in [1.165, 1.54) is 41.3 Å². The van der Waals surface area contributed by atoms with Crippen molar-refractivity contribution in [1.29, 1.82) is 0 Å². The van der Waals surface area contributed by atoms with Gasteiger partial charge in [-0.2, -0.15) is 18.3 Å². The van der Waals surface area contributed by atoms with Crippen LogP contribution in [0.25, 0.3) is 10.2 Å². The quantitative estimate of drug-likeness (QED) is 0.392. The summed E-state index contributed by atoms with van der Waals surface area (Å²) in [6, 6.07) is 12.7. The first-order valence-corrected chi connectivity index (χ1v) is 9.20. The van der Waals surface area contributed by atoms with Crippen molar-refractivity contribution < 1.29 is 18.0 Å². The Morgan fingerprint density at radius 2 is 1.92 bits per heavy atom. The van der Waals surface area contributed by atoms with Crippen LogP contribution in [-0.2, 0) is 11.0 Å². The highest BCUT2D eigenvalue weighted by molar-refractivity contribution is 8.01. The molecule has 0 radical (unpaired) electrons. The van der Waals surface area contributed by atoms with Crippen molar-refractivity contribution in [2.45, 2.75) is 10.5 Å². The molecule has 0 saturated heterocycles. The lowest BCUT2D eigenvalue weighted by Crippen LogP contribution is -2.20. The molecular weight excluding hydrogens is 383 g/mol. The van der Waals surface area contributed by atoms with Crippen molar-refractivity contribution in [2.24, 2.45) is 5.10 Å². The Balaban J connectivity index is 1.57. The summed E-state index contributed by atoms with van der Waals surface area (Å²) < 4.78 is 40.4. The van der Waals surface area contributed by atoms with E-state index in [1.807, 2.05) is 24.3 Å². The standard InChI is InChI=1S/C17H12F3N3OS2/c18-17(19,20)12-6-2-1-5-11(12)9-21-23-15(24)10-25-16-22-13-7-3-4-8-14(13)26-16/h1-9H,10H2,(H,23,24). The molecule has 0 unspecified atom stereocenters. The number of carbonyl (C=O) groups is 1. The van der Waals surface area contributed by atoms with E-state index in [0.717, 1.165) is 26.8 Å². The van der Waals surface area contributed by atoms with E-state index in [9.17, 15) is 18.0 Å². The molecule has 0 saturated carbocycles. The summed E-state index contributed by atoms with van der Waals surface area (Å²) in [5, 5.41) is 3.62. The third kappa shape index (κ3) is 4.61. The SMILES string of the molecule is O=C(CSc1nc2ccccc2s1)NN=Cc1ccccc1C(F)(F)F. The molecule has 0 aliphatic carbocycles. The Hall–Kier alpha value is -2.39. The number of hydrogen-bond acceptors (Lipinski definition) is 5. The van der Waals surface area contributed by atoms with Crippen molar-refractivity contribution in [1.82, 2.24) is 10.4 Å². The first-order valence-electron chi connectivity index (χ1n) is 7.40. The zero-order valence-corrected chi connectivity index (χ0v) is 14.8. The highest BCUT2D eigenvalue weighted by Crippen LogP contribution is 2.31. The molecule has 3 rings (SSSR count). The van der Waals surface area contributed by atoms with Crippen molar-refractivity contribution in [3.05, 3.63) is 59.7 Å². The molecule has 9 heteroatoms. The molecular formula is C17H12F3N3OS2. The molecule has 0 aliphatic rings. The number of hydrazone groups is 1. The van der Waals surface area contributed by atoms with Gasteiger partial charge in [0.1, 0.15) is 0 Å². The smallest absolute Gasteiger partial charge is 0.272 e. The van der Waals surface area contributed by atoms with Crippen LogP contribution in [0, 0.1) is 0 Å². The van der Waals surface area contributed by atoms with E-state index in [1.54, 1.807) is 0 Å². The fourth-order valence-electron chi connectivity index (χ4n) is 2.11. The number of benzene rings is 2. The predicted octanol–water partition coefficient (Wildman–Crippen LogP) is 4.56. The van der Waals surface area contributed by atoms with Gasteiger partial charge in [0.05, 0.1) is 27.7 Å². The fourth-order valence-corrected chi connectivity index (χ4v) is 3.97. The van der Waals surface area contributed by atoms with Crippen LogP contribution in [0.3, 0.4) is 0 Å². The summed E-state index contributed by atoms with van der Waals surface area (Å²) in [7, 11) is 0. The molecule has 1 heterocycles. The van der Waals surface area contributed by atoms with Gasteiger partial charge in [-0.05, 0) is 18.2 Å². The topological polar surface area (TPSA) is 54.4 Å². The molecule has 0 atom stereocenters. The first-order chi connectivity index (χ1) is 12.4. The van der Waals surface area contributed by atoms with E-state index in [0.29, 0.717) is 0 Å². The molecule has 2 aromatic carbocycles. The minimum atomic E-state index is -4.48. The maximum Gasteiger partial charge on any atom is 0.417 e. The van der Waals surface area contributed by atoms with Gasteiger partial charge in [0, 0.05) is 5.56 Å². The summed E-state index contributed by atoms with van der Waals surface area (Å²) >= 11 is 2.72. The zero-order valence-electron chi connectivity index (χ0n) is 13.2. The Bertz CT molecular complexity index is 921. The van der Waals surface area contributed by atoms with Gasteiger partial charge >= 0.3 is 6.18 Å². The highest BCUT2D eigenvalue weighted by Gasteiger charge is 2.32. The number of aromatic nitrogens is 1. The van der Waals surface area contributed by atoms with E-state index >= 15 is 0 Å². The third-order valence-corrected chi connectivity index (χ3v) is 5.44. The lowest BCUT2D eigenvalue weighted by Gasteiger charge is -2.09. The molecule has 0 fully saturated rings. The molecule has 1 N–H and O–H groups in total. The summed E-state index contributed by atoms with van der Waals surface area (Å²) in [4.78, 5) is 16.2. The van der Waals surface area contributed by atoms with Crippen LogP contribution in [0.2, 0.25) is 0 Å². The van der Waals surface area contributed by atoms with Gasteiger partial charge in [0.2, 0.25) is 0 Å². The van der Waals surface area contributed by atoms with Gasteiger partial charge in [-0.1, -0.05) is 42.1 Å². The normalized spacial score (nSPS) is 12.0. The maximum absolute atomic E-state index is 12.9. The Kier molecular flexibility index (Phi) is 5.58. The third-order valence-electron chi connectivity index (χ3n) is 3.26. The summed E-state index contributed by atoms with van der Waals surface area (Å²) in [5.74, 6) is -0.354. The summed E-state index contributed by atoms with van der Waals surface area (Å²) in [5.41, 5.74) is 2.18. The second-order valence-electron chi connectivity index (χ2n) is 5.11. The Morgan fingerprint density at radius 3 is 2.69 bits per heavy atom. The van der Waals surface area contributed by atoms with Gasteiger partial charge < -0.3 is 0 Å². The molecule has 26 heavy (non-hydrogen) atoms. The largest absolute Gasteiger partial charge is 0.417 e. The Morgan fingerprint density at radius 1 is 1.19 bits per heavy atom. The van der Waals surface area contributed by atoms with Crippen LogP contribution in [0.1, 0.15) is 11.1 Å². The van der Waals surface area contributed by atoms with Crippen LogP contribution < -0.4 is 5.43 Å². The minimum absolute atomic E-state index is 0.0675. The number of fused-ring (bicyclic) bond motifs is 1. The van der Waals surface area contributed by atoms with Gasteiger partial charge in [-0.3, -0.25) is 4.79 Å². The van der Waals surface area contributed by atoms with Gasteiger partial charge in [-0.15, -0.1) is 11.3 Å². The van der Waals surface area contributed by atoms with E-state index in [2.05, 4.69) is 15.5 Å². The van der Waals surface area contributed by atoms with E-state index in [4.69, 9.17) is 0 Å². The molecule has 4 nitrogen and oxygen atoms in total. The lowest BCUT2D eigenvalue weighted by atomic mass is 10.1. The van der Waals surface area contributed by atoms with Crippen LogP contribution in [0.4, 0.5) is 13.2 Å². The van der Waals surface area contributed by atoms with Crippen LogP contribution in [-0.4, -0.2) is 22.9 Å². The number of halogens is 3. The second-order valence-corrected chi connectivity index (χ2v) is 7.37. The number of hydrogen-bond donors (Lipinski definition) is 1. The molecule has 0 aliphatic heterocycles. The lowest BCUT2D eigenvalue weighted by molar-refractivity contribution is -0.137. The van der Waals surface area contributed by atoms with Crippen LogP contribution in [0.15, 0.2) is 58.0 Å². The molecule has 1 amide bonds. The molecule has 3 aromatic rings. The van der Waals surface area contributed by atoms with Crippen molar-refractivity contribution in [2.75, 3.05) is 5.75 Å². The number of para-hydroxylation sites is 1. The molecule has 0 bridgehead atoms. The van der Waals surface area contributed by atoms with Crippen molar-refractivity contribution >= 4 is 45.4 Å². The summed E-state index contributed by atoms with van der Waals surface area (Å²) in [6.07, 6.45) is -3.49. The van der Waals surface area contributed by atoms with Gasteiger partial charge in [0.25, 0.3) is 5.91 Å². The maximum atomic E-state index is 12.9. The first kappa shape index (κ1) is 18.4. The second kappa shape index (κ2) is 7.88. The predicted molar refractivity (Wildman–Crippen MR) is 97.5 cm³/mol. The number of thioether (sulfide) groups is 1. The minimum Gasteiger partial charge on any atom is -0.272 e. The molecule has 0 spiro atoms. The summed E-state index contributed by atoms with van der Waals surface area (Å²) in [6.45, 7) is 0. The Labute approximate surface area is 155 Å². The number of alkyl halides is 3. The molecule has 1 aromatic heterocycles. The fraction of sp³-hybridized carbons (Fsp3) is 0.118. The van der Waals surface area contributed by atoms with Crippen molar-refractivity contribution in [3.8, 4) is 0 Å². The average Bonchev–Trinajstić information content (AvgIpc) is 3.02. The van der Waals surface area contributed by atoms with Gasteiger partial charge in [-0.25, -0.2) is 10.4 Å². The zero-order chi connectivity index (χ0) is 18.6. The van der Waals surface area contributed by atoms with Crippen LogP contribution in [0.5, 0.6) is 0 Å². The number of nitrogens with zero attached hydrogens (tertiary/aromatic N) is 2. The molecule has 134 valence electrons. The van der Waals surface area contributed by atoms with Gasteiger partial charge in [0.15, 0.2) is 4.34 Å². The number of nitrogens with one attached hydrogen (secondary N) is 1. The highest BCUT2D eigenvalue weighted by atomic mass is 32.2. The van der Waals surface area contributed by atoms with Crippen LogP contribution >= 0.6 is 23.1 Å². The average molecular weight is 395 g/mol. The van der Waals surface area contributed by atoms with Crippen molar-refractivity contribution in [3.63, 3.8) is 0 Å². The number of thiazole rings is 1. The number of amides is 1.